The van der Waals surface area contributed by atoms with E-state index in [9.17, 15) is 9.18 Å². The molecule has 144 valence electrons. The molecule has 1 aliphatic rings. The molecule has 2 heterocycles. The summed E-state index contributed by atoms with van der Waals surface area (Å²) in [6.07, 6.45) is 0.454. The summed E-state index contributed by atoms with van der Waals surface area (Å²) in [5.41, 5.74) is 9.36. The van der Waals surface area contributed by atoms with Crippen molar-refractivity contribution in [1.82, 2.24) is 21.2 Å². The number of aromatic nitrogens is 1. The van der Waals surface area contributed by atoms with E-state index in [1.54, 1.807) is 0 Å². The van der Waals surface area contributed by atoms with Crippen molar-refractivity contribution in [2.45, 2.75) is 18.4 Å². The minimum absolute atomic E-state index is 0.192. The topological polar surface area (TPSA) is 66.1 Å². The van der Waals surface area contributed by atoms with Crippen molar-refractivity contribution in [2.24, 2.45) is 0 Å². The molecule has 1 atom stereocenters. The zero-order chi connectivity index (χ0) is 19.3. The maximum Gasteiger partial charge on any atom is 0.252 e. The smallest absolute Gasteiger partial charge is 0.252 e. The van der Waals surface area contributed by atoms with Crippen LogP contribution >= 0.6 is 0 Å². The molecule has 1 aliphatic heterocycles. The number of amides is 1. The predicted octanol–water partition coefficient (Wildman–Crippen LogP) is 2.74. The van der Waals surface area contributed by atoms with E-state index in [1.165, 1.54) is 0 Å². The van der Waals surface area contributed by atoms with Gasteiger partial charge < -0.3 is 5.32 Å². The number of carbonyl (C=O) groups is 1. The van der Waals surface area contributed by atoms with Crippen LogP contribution in [0.5, 0.6) is 0 Å². The highest BCUT2D eigenvalue weighted by molar-refractivity contribution is 6.06. The highest BCUT2D eigenvalue weighted by atomic mass is 19.1. The van der Waals surface area contributed by atoms with E-state index in [2.05, 4.69) is 16.2 Å². The van der Waals surface area contributed by atoms with Gasteiger partial charge in [-0.3, -0.25) is 20.6 Å². The molecular formula is C22H23FN4O. The van der Waals surface area contributed by atoms with Crippen molar-refractivity contribution in [3.63, 3.8) is 0 Å². The number of hydrogen-bond acceptors (Lipinski definition) is 4. The number of nitrogens with zero attached hydrogens (tertiary/aromatic N) is 1. The summed E-state index contributed by atoms with van der Waals surface area (Å²) in [5, 5.41) is 3.65. The number of benzene rings is 2. The molecule has 2 aromatic carbocycles. The minimum Gasteiger partial charge on any atom is -0.346 e. The Bertz CT molecular complexity index is 957. The lowest BCUT2D eigenvalue weighted by Gasteiger charge is -2.18. The number of pyridine rings is 1. The van der Waals surface area contributed by atoms with E-state index in [4.69, 9.17) is 4.98 Å². The molecule has 1 fully saturated rings. The fourth-order valence-electron chi connectivity index (χ4n) is 3.57. The monoisotopic (exact) mass is 378 g/mol. The molecular weight excluding hydrogens is 355 g/mol. The Kier molecular flexibility index (Phi) is 5.60. The molecule has 0 spiro atoms. The maximum atomic E-state index is 13.6. The van der Waals surface area contributed by atoms with Gasteiger partial charge in [0, 0.05) is 30.1 Å². The SMILES string of the molecule is O=C(NC(CF)Cc1ccccc1)c1cc(C2CNNC2)nc2ccccc12. The normalized spacial score (nSPS) is 15.6. The Morgan fingerprint density at radius 2 is 1.82 bits per heavy atom. The van der Waals surface area contributed by atoms with Gasteiger partial charge in [0.25, 0.3) is 5.91 Å². The van der Waals surface area contributed by atoms with Gasteiger partial charge in [-0.05, 0) is 24.1 Å². The Hall–Kier alpha value is -2.83. The average Bonchev–Trinajstić information content (AvgIpc) is 3.28. The van der Waals surface area contributed by atoms with Crippen LogP contribution in [-0.4, -0.2) is 36.7 Å². The second-order valence-electron chi connectivity index (χ2n) is 7.08. The van der Waals surface area contributed by atoms with E-state index in [0.29, 0.717) is 12.0 Å². The fourth-order valence-corrected chi connectivity index (χ4v) is 3.57. The number of fused-ring (bicyclic) bond motifs is 1. The zero-order valence-electron chi connectivity index (χ0n) is 15.5. The molecule has 3 aromatic rings. The van der Waals surface area contributed by atoms with Crippen LogP contribution < -0.4 is 16.2 Å². The lowest BCUT2D eigenvalue weighted by atomic mass is 10.00. The number of halogens is 1. The molecule has 5 nitrogen and oxygen atoms in total. The molecule has 1 amide bonds. The van der Waals surface area contributed by atoms with E-state index >= 15 is 0 Å². The van der Waals surface area contributed by atoms with Gasteiger partial charge in [0.1, 0.15) is 6.67 Å². The molecule has 1 saturated heterocycles. The number of alkyl halides is 1. The molecule has 0 saturated carbocycles. The van der Waals surface area contributed by atoms with Gasteiger partial charge in [-0.2, -0.15) is 0 Å². The van der Waals surface area contributed by atoms with Crippen LogP contribution in [0.2, 0.25) is 0 Å². The minimum atomic E-state index is -0.618. The third-order valence-corrected chi connectivity index (χ3v) is 5.07. The van der Waals surface area contributed by atoms with Crippen molar-refractivity contribution in [3.05, 3.63) is 77.5 Å². The maximum absolute atomic E-state index is 13.6. The lowest BCUT2D eigenvalue weighted by molar-refractivity contribution is 0.0931. The van der Waals surface area contributed by atoms with E-state index in [-0.39, 0.29) is 11.8 Å². The van der Waals surface area contributed by atoms with Crippen LogP contribution in [0, 0.1) is 0 Å². The van der Waals surface area contributed by atoms with E-state index in [1.807, 2.05) is 60.7 Å². The van der Waals surface area contributed by atoms with Crippen LogP contribution in [0.15, 0.2) is 60.7 Å². The second kappa shape index (κ2) is 8.46. The highest BCUT2D eigenvalue weighted by Gasteiger charge is 2.22. The van der Waals surface area contributed by atoms with Gasteiger partial charge in [-0.1, -0.05) is 48.5 Å². The third-order valence-electron chi connectivity index (χ3n) is 5.07. The van der Waals surface area contributed by atoms with Crippen LogP contribution in [0.1, 0.15) is 27.5 Å². The van der Waals surface area contributed by atoms with Gasteiger partial charge in [0.15, 0.2) is 0 Å². The average molecular weight is 378 g/mol. The molecule has 0 radical (unpaired) electrons. The first kappa shape index (κ1) is 18.5. The molecule has 0 bridgehead atoms. The van der Waals surface area contributed by atoms with Gasteiger partial charge in [0.2, 0.25) is 0 Å². The summed E-state index contributed by atoms with van der Waals surface area (Å²) in [7, 11) is 0. The number of rotatable bonds is 6. The number of nitrogens with one attached hydrogen (secondary N) is 3. The molecule has 3 N–H and O–H groups in total. The largest absolute Gasteiger partial charge is 0.346 e. The molecule has 28 heavy (non-hydrogen) atoms. The van der Waals surface area contributed by atoms with E-state index < -0.39 is 12.7 Å². The quantitative estimate of drug-likeness (QED) is 0.617. The summed E-state index contributed by atoms with van der Waals surface area (Å²) in [4.78, 5) is 17.8. The highest BCUT2D eigenvalue weighted by Crippen LogP contribution is 2.23. The standard InChI is InChI=1S/C22H23FN4O/c23-12-17(10-15-6-2-1-3-7-15)26-22(28)19-11-21(16-13-24-25-14-16)27-20-9-5-4-8-18(19)20/h1-9,11,16-17,24-25H,10,12-14H2,(H,26,28). The van der Waals surface area contributed by atoms with Crippen LogP contribution in [-0.2, 0) is 6.42 Å². The number of hydrazine groups is 1. The van der Waals surface area contributed by atoms with Gasteiger partial charge >= 0.3 is 0 Å². The van der Waals surface area contributed by atoms with Crippen molar-refractivity contribution in [1.29, 1.82) is 0 Å². The van der Waals surface area contributed by atoms with E-state index in [0.717, 1.165) is 35.2 Å². The molecule has 4 rings (SSSR count). The molecule has 1 aromatic heterocycles. The zero-order valence-corrected chi connectivity index (χ0v) is 15.5. The Balaban J connectivity index is 1.62. The Labute approximate surface area is 163 Å². The van der Waals surface area contributed by atoms with Crippen LogP contribution in [0.4, 0.5) is 4.39 Å². The lowest BCUT2D eigenvalue weighted by Crippen LogP contribution is -2.38. The number of carbonyl (C=O) groups excluding carboxylic acids is 1. The van der Waals surface area contributed by atoms with Crippen molar-refractivity contribution >= 4 is 16.8 Å². The second-order valence-corrected chi connectivity index (χ2v) is 7.08. The molecule has 6 heteroatoms. The summed E-state index contributed by atoms with van der Waals surface area (Å²) in [6.45, 7) is 0.897. The fraction of sp³-hybridized carbons (Fsp3) is 0.273. The van der Waals surface area contributed by atoms with Gasteiger partial charge in [-0.25, -0.2) is 4.39 Å². The van der Waals surface area contributed by atoms with Crippen LogP contribution in [0.25, 0.3) is 10.9 Å². The summed E-state index contributed by atoms with van der Waals surface area (Å²) < 4.78 is 13.6. The Morgan fingerprint density at radius 1 is 1.11 bits per heavy atom. The van der Waals surface area contributed by atoms with Gasteiger partial charge in [-0.15, -0.1) is 0 Å². The summed E-state index contributed by atoms with van der Waals surface area (Å²) in [5.74, 6) is -0.0743. The van der Waals surface area contributed by atoms with Gasteiger partial charge in [0.05, 0.1) is 17.1 Å². The number of hydrogen-bond donors (Lipinski definition) is 3. The molecule has 0 aliphatic carbocycles. The first-order valence-electron chi connectivity index (χ1n) is 9.50. The Morgan fingerprint density at radius 3 is 2.57 bits per heavy atom. The first-order chi connectivity index (χ1) is 13.7. The van der Waals surface area contributed by atoms with Crippen LogP contribution in [0.3, 0.4) is 0 Å². The van der Waals surface area contributed by atoms with Crippen molar-refractivity contribution < 1.29 is 9.18 Å². The van der Waals surface area contributed by atoms with Crippen molar-refractivity contribution in [2.75, 3.05) is 19.8 Å². The molecule has 1 unspecified atom stereocenters. The van der Waals surface area contributed by atoms with Crippen molar-refractivity contribution in [3.8, 4) is 0 Å². The number of para-hydroxylation sites is 1. The predicted molar refractivity (Wildman–Crippen MR) is 108 cm³/mol. The summed E-state index contributed by atoms with van der Waals surface area (Å²) >= 11 is 0. The third kappa shape index (κ3) is 4.03. The first-order valence-corrected chi connectivity index (χ1v) is 9.50. The summed E-state index contributed by atoms with van der Waals surface area (Å²) in [6, 6.07) is 18.5.